The summed E-state index contributed by atoms with van der Waals surface area (Å²) in [5.74, 6) is 0. The summed E-state index contributed by atoms with van der Waals surface area (Å²) in [6.07, 6.45) is -1.70. The molecule has 0 radical (unpaired) electrons. The molecule has 144 valence electrons. The summed E-state index contributed by atoms with van der Waals surface area (Å²) in [6.45, 7) is 2.86. The predicted octanol–water partition coefficient (Wildman–Crippen LogP) is 2.45. The minimum absolute atomic E-state index is 0.131. The van der Waals surface area contributed by atoms with Crippen LogP contribution >= 0.6 is 0 Å². The first-order chi connectivity index (χ1) is 13.0. The van der Waals surface area contributed by atoms with E-state index in [-0.39, 0.29) is 23.7 Å². The molecule has 4 rings (SSSR count). The van der Waals surface area contributed by atoms with Crippen molar-refractivity contribution in [3.05, 3.63) is 65.7 Å². The van der Waals surface area contributed by atoms with Gasteiger partial charge in [0.25, 0.3) is 10.1 Å². The van der Waals surface area contributed by atoms with Gasteiger partial charge in [-0.15, -0.1) is 0 Å². The number of ether oxygens (including phenoxy) is 3. The number of fused-ring (bicyclic) bond motifs is 1. The van der Waals surface area contributed by atoms with Gasteiger partial charge in [0.1, 0.15) is 24.4 Å². The first-order valence-electron chi connectivity index (χ1n) is 8.92. The summed E-state index contributed by atoms with van der Waals surface area (Å²) in [7, 11) is -3.87. The SMILES string of the molecule is Cc1ccc(S(=O)(=O)O[C@@H]2COC3C2OC[C@@H]3OCc2ccccc2)cc1. The Hall–Kier alpha value is -1.77. The average Bonchev–Trinajstić information content (AvgIpc) is 3.24. The average molecular weight is 390 g/mol. The first kappa shape index (κ1) is 18.6. The molecule has 7 heteroatoms. The molecule has 0 saturated carbocycles. The molecule has 2 aliphatic heterocycles. The van der Waals surface area contributed by atoms with Crippen LogP contribution in [-0.4, -0.2) is 46.0 Å². The molecule has 0 N–H and O–H groups in total. The lowest BCUT2D eigenvalue weighted by atomic mass is 10.1. The Balaban J connectivity index is 1.38. The summed E-state index contributed by atoms with van der Waals surface area (Å²) in [6, 6.07) is 16.4. The molecule has 2 heterocycles. The van der Waals surface area contributed by atoms with E-state index in [9.17, 15) is 8.42 Å². The fourth-order valence-electron chi connectivity index (χ4n) is 3.36. The molecule has 0 bridgehead atoms. The largest absolute Gasteiger partial charge is 0.370 e. The van der Waals surface area contributed by atoms with E-state index in [0.29, 0.717) is 13.2 Å². The fraction of sp³-hybridized carbons (Fsp3) is 0.400. The van der Waals surface area contributed by atoms with Gasteiger partial charge in [0.2, 0.25) is 0 Å². The third kappa shape index (κ3) is 4.07. The topological polar surface area (TPSA) is 71.1 Å². The minimum Gasteiger partial charge on any atom is -0.370 e. The zero-order valence-electron chi connectivity index (χ0n) is 15.0. The van der Waals surface area contributed by atoms with Crippen molar-refractivity contribution in [1.29, 1.82) is 0 Å². The van der Waals surface area contributed by atoms with E-state index in [0.717, 1.165) is 11.1 Å². The lowest BCUT2D eigenvalue weighted by Crippen LogP contribution is -2.35. The van der Waals surface area contributed by atoms with Crippen molar-refractivity contribution >= 4 is 10.1 Å². The van der Waals surface area contributed by atoms with Crippen LogP contribution in [0.15, 0.2) is 59.5 Å². The number of aryl methyl sites for hydroxylation is 1. The zero-order chi connectivity index (χ0) is 18.9. The molecule has 0 spiro atoms. The van der Waals surface area contributed by atoms with Gasteiger partial charge in [0, 0.05) is 0 Å². The van der Waals surface area contributed by atoms with E-state index < -0.39 is 22.3 Å². The third-order valence-electron chi connectivity index (χ3n) is 4.83. The van der Waals surface area contributed by atoms with Crippen molar-refractivity contribution in [2.24, 2.45) is 0 Å². The molecule has 2 unspecified atom stereocenters. The maximum absolute atomic E-state index is 12.5. The van der Waals surface area contributed by atoms with Gasteiger partial charge >= 0.3 is 0 Å². The van der Waals surface area contributed by atoms with Crippen molar-refractivity contribution in [3.63, 3.8) is 0 Å². The summed E-state index contributed by atoms with van der Waals surface area (Å²) in [4.78, 5) is 0.131. The number of benzene rings is 2. The van der Waals surface area contributed by atoms with E-state index in [1.807, 2.05) is 37.3 Å². The highest BCUT2D eigenvalue weighted by Crippen LogP contribution is 2.32. The van der Waals surface area contributed by atoms with E-state index in [4.69, 9.17) is 18.4 Å². The molecule has 4 atom stereocenters. The quantitative estimate of drug-likeness (QED) is 0.706. The Morgan fingerprint density at radius 3 is 2.26 bits per heavy atom. The molecular weight excluding hydrogens is 368 g/mol. The van der Waals surface area contributed by atoms with Crippen molar-refractivity contribution in [2.75, 3.05) is 13.2 Å². The monoisotopic (exact) mass is 390 g/mol. The van der Waals surface area contributed by atoms with Crippen molar-refractivity contribution in [3.8, 4) is 0 Å². The number of hydrogen-bond acceptors (Lipinski definition) is 6. The van der Waals surface area contributed by atoms with Gasteiger partial charge in [-0.25, -0.2) is 0 Å². The highest BCUT2D eigenvalue weighted by atomic mass is 32.2. The molecule has 0 aromatic heterocycles. The molecule has 0 amide bonds. The van der Waals surface area contributed by atoms with E-state index >= 15 is 0 Å². The minimum atomic E-state index is -3.87. The van der Waals surface area contributed by atoms with Crippen molar-refractivity contribution in [2.45, 2.75) is 42.8 Å². The van der Waals surface area contributed by atoms with Gasteiger partial charge in [-0.1, -0.05) is 48.0 Å². The van der Waals surface area contributed by atoms with Crippen LogP contribution in [0.2, 0.25) is 0 Å². The molecule has 2 saturated heterocycles. The van der Waals surface area contributed by atoms with Gasteiger partial charge in [-0.3, -0.25) is 4.18 Å². The number of hydrogen-bond donors (Lipinski definition) is 0. The van der Waals surface area contributed by atoms with Crippen LogP contribution in [0.4, 0.5) is 0 Å². The van der Waals surface area contributed by atoms with Crippen LogP contribution in [0.1, 0.15) is 11.1 Å². The highest BCUT2D eigenvalue weighted by Gasteiger charge is 2.50. The second kappa shape index (κ2) is 7.69. The van der Waals surface area contributed by atoms with Crippen LogP contribution < -0.4 is 0 Å². The van der Waals surface area contributed by atoms with Gasteiger partial charge < -0.3 is 14.2 Å². The molecule has 0 aliphatic carbocycles. The summed E-state index contributed by atoms with van der Waals surface area (Å²) < 4.78 is 47.9. The lowest BCUT2D eigenvalue weighted by Gasteiger charge is -2.17. The molecule has 2 aliphatic rings. The second-order valence-corrected chi connectivity index (χ2v) is 8.40. The van der Waals surface area contributed by atoms with Gasteiger partial charge in [0.05, 0.1) is 24.7 Å². The number of rotatable bonds is 6. The summed E-state index contributed by atoms with van der Waals surface area (Å²) >= 11 is 0. The van der Waals surface area contributed by atoms with Crippen LogP contribution in [0, 0.1) is 6.92 Å². The van der Waals surface area contributed by atoms with E-state index in [1.165, 1.54) is 0 Å². The molecule has 27 heavy (non-hydrogen) atoms. The predicted molar refractivity (Wildman–Crippen MR) is 97.7 cm³/mol. The Kier molecular flexibility index (Phi) is 5.29. The van der Waals surface area contributed by atoms with Gasteiger partial charge in [0.15, 0.2) is 0 Å². The fourth-order valence-corrected chi connectivity index (χ4v) is 4.43. The van der Waals surface area contributed by atoms with Crippen molar-refractivity contribution in [1.82, 2.24) is 0 Å². The molecule has 2 aromatic rings. The van der Waals surface area contributed by atoms with Crippen LogP contribution in [0.25, 0.3) is 0 Å². The third-order valence-corrected chi connectivity index (χ3v) is 6.18. The van der Waals surface area contributed by atoms with Gasteiger partial charge in [-0.05, 0) is 24.6 Å². The lowest BCUT2D eigenvalue weighted by molar-refractivity contribution is -0.0423. The normalized spacial score (nSPS) is 27.6. The Morgan fingerprint density at radius 1 is 0.926 bits per heavy atom. The van der Waals surface area contributed by atoms with Crippen LogP contribution in [0.5, 0.6) is 0 Å². The summed E-state index contributed by atoms with van der Waals surface area (Å²) in [5.41, 5.74) is 2.05. The molecule has 2 fully saturated rings. The van der Waals surface area contributed by atoms with E-state index in [1.54, 1.807) is 24.3 Å². The Morgan fingerprint density at radius 2 is 1.56 bits per heavy atom. The standard InChI is InChI=1S/C20H22O6S/c1-14-7-9-16(10-8-14)27(21,22)26-18-13-25-19-17(12-24-20(18)19)23-11-15-5-3-2-4-6-15/h2-10,17-20H,11-13H2,1H3/t17-,18+,19?,20?/m0/s1. The maximum atomic E-state index is 12.5. The zero-order valence-corrected chi connectivity index (χ0v) is 15.8. The maximum Gasteiger partial charge on any atom is 0.297 e. The smallest absolute Gasteiger partial charge is 0.297 e. The van der Waals surface area contributed by atoms with Crippen LogP contribution in [-0.2, 0) is 35.1 Å². The van der Waals surface area contributed by atoms with Crippen LogP contribution in [0.3, 0.4) is 0 Å². The Bertz CT molecular complexity index is 865. The van der Waals surface area contributed by atoms with Crippen molar-refractivity contribution < 1.29 is 26.8 Å². The van der Waals surface area contributed by atoms with E-state index in [2.05, 4.69) is 0 Å². The molecule has 2 aromatic carbocycles. The molecular formula is C20H22O6S. The Labute approximate surface area is 159 Å². The second-order valence-electron chi connectivity index (χ2n) is 6.83. The van der Waals surface area contributed by atoms with Gasteiger partial charge in [-0.2, -0.15) is 8.42 Å². The summed E-state index contributed by atoms with van der Waals surface area (Å²) in [5, 5.41) is 0. The molecule has 6 nitrogen and oxygen atoms in total. The first-order valence-corrected chi connectivity index (χ1v) is 10.3. The highest BCUT2D eigenvalue weighted by molar-refractivity contribution is 7.86.